The van der Waals surface area contributed by atoms with E-state index in [2.05, 4.69) is 10.3 Å². The van der Waals surface area contributed by atoms with Crippen LogP contribution in [0.1, 0.15) is 10.6 Å². The minimum absolute atomic E-state index is 0.172. The third-order valence-corrected chi connectivity index (χ3v) is 4.44. The van der Waals surface area contributed by atoms with E-state index < -0.39 is 11.7 Å². The molecule has 0 spiro atoms. The van der Waals surface area contributed by atoms with Crippen molar-refractivity contribution in [1.29, 1.82) is 5.26 Å². The van der Waals surface area contributed by atoms with Gasteiger partial charge in [0.15, 0.2) is 0 Å². The van der Waals surface area contributed by atoms with Crippen molar-refractivity contribution in [3.8, 4) is 17.3 Å². The summed E-state index contributed by atoms with van der Waals surface area (Å²) in [7, 11) is 0. The Kier molecular flexibility index (Phi) is 5.23. The summed E-state index contributed by atoms with van der Waals surface area (Å²) < 4.78 is 51.3. The number of nitrogens with zero attached hydrogens (tertiary/aromatic N) is 2. The van der Waals surface area contributed by atoms with Crippen molar-refractivity contribution < 1.29 is 17.6 Å². The standard InChI is InChI=1S/C19H11F4N3S/c20-15-6-4-12(5-7-15)17-11-27-18(26-17)13(9-24)10-25-16-3-1-2-14(8-16)19(21,22)23/h1-8,10-11,25H. The molecule has 0 saturated carbocycles. The Bertz CT molecular complexity index is 1010. The molecule has 0 amide bonds. The molecule has 1 heterocycles. The minimum atomic E-state index is -4.45. The molecular formula is C19H11F4N3S. The number of hydrogen-bond donors (Lipinski definition) is 1. The van der Waals surface area contributed by atoms with Crippen molar-refractivity contribution >= 4 is 22.6 Å². The second-order valence-electron chi connectivity index (χ2n) is 5.44. The van der Waals surface area contributed by atoms with E-state index in [-0.39, 0.29) is 17.1 Å². The van der Waals surface area contributed by atoms with E-state index in [1.165, 1.54) is 41.8 Å². The zero-order chi connectivity index (χ0) is 19.4. The molecule has 136 valence electrons. The van der Waals surface area contributed by atoms with E-state index in [9.17, 15) is 22.8 Å². The van der Waals surface area contributed by atoms with Gasteiger partial charge in [0, 0.05) is 22.8 Å². The van der Waals surface area contributed by atoms with Gasteiger partial charge < -0.3 is 5.32 Å². The summed E-state index contributed by atoms with van der Waals surface area (Å²) >= 11 is 1.21. The van der Waals surface area contributed by atoms with Gasteiger partial charge in [-0.25, -0.2) is 9.37 Å². The third kappa shape index (κ3) is 4.51. The summed E-state index contributed by atoms with van der Waals surface area (Å²) in [6.07, 6.45) is -3.14. The van der Waals surface area contributed by atoms with Crippen LogP contribution in [0, 0.1) is 17.1 Å². The molecular weight excluding hydrogens is 378 g/mol. The number of anilines is 1. The van der Waals surface area contributed by atoms with Gasteiger partial charge in [-0.15, -0.1) is 11.3 Å². The first-order valence-corrected chi connectivity index (χ1v) is 8.50. The maximum atomic E-state index is 13.0. The fraction of sp³-hybridized carbons (Fsp3) is 0.0526. The van der Waals surface area contributed by atoms with Crippen molar-refractivity contribution in [1.82, 2.24) is 4.98 Å². The van der Waals surface area contributed by atoms with Gasteiger partial charge in [-0.2, -0.15) is 18.4 Å². The van der Waals surface area contributed by atoms with Crippen LogP contribution in [0.5, 0.6) is 0 Å². The molecule has 0 atom stereocenters. The van der Waals surface area contributed by atoms with Crippen LogP contribution in [0.2, 0.25) is 0 Å². The lowest BCUT2D eigenvalue weighted by molar-refractivity contribution is -0.137. The van der Waals surface area contributed by atoms with Crippen LogP contribution < -0.4 is 5.32 Å². The number of nitriles is 1. The number of hydrogen-bond acceptors (Lipinski definition) is 4. The molecule has 0 radical (unpaired) electrons. The van der Waals surface area contributed by atoms with E-state index in [0.717, 1.165) is 12.1 Å². The van der Waals surface area contributed by atoms with Gasteiger partial charge in [-0.05, 0) is 42.5 Å². The van der Waals surface area contributed by atoms with Crippen molar-refractivity contribution in [3.63, 3.8) is 0 Å². The molecule has 3 nitrogen and oxygen atoms in total. The highest BCUT2D eigenvalue weighted by molar-refractivity contribution is 7.11. The van der Waals surface area contributed by atoms with E-state index in [4.69, 9.17) is 0 Å². The number of alkyl halides is 3. The highest BCUT2D eigenvalue weighted by Crippen LogP contribution is 2.31. The van der Waals surface area contributed by atoms with Gasteiger partial charge in [-0.3, -0.25) is 0 Å². The first-order chi connectivity index (χ1) is 12.9. The molecule has 3 aromatic rings. The molecule has 1 N–H and O–H groups in total. The Balaban J connectivity index is 1.82. The normalized spacial score (nSPS) is 11.9. The molecule has 0 unspecified atom stereocenters. The molecule has 0 aliphatic rings. The molecule has 8 heteroatoms. The molecule has 3 rings (SSSR count). The second-order valence-corrected chi connectivity index (χ2v) is 6.30. The van der Waals surface area contributed by atoms with Crippen LogP contribution in [-0.2, 0) is 6.18 Å². The fourth-order valence-electron chi connectivity index (χ4n) is 2.23. The number of rotatable bonds is 4. The molecule has 0 aliphatic heterocycles. The van der Waals surface area contributed by atoms with Crippen molar-refractivity contribution in [2.24, 2.45) is 0 Å². The van der Waals surface area contributed by atoms with Crippen LogP contribution in [0.25, 0.3) is 16.8 Å². The average Bonchev–Trinajstić information content (AvgIpc) is 3.12. The van der Waals surface area contributed by atoms with Crippen LogP contribution in [0.15, 0.2) is 60.1 Å². The van der Waals surface area contributed by atoms with Gasteiger partial charge >= 0.3 is 6.18 Å². The molecule has 0 fully saturated rings. The summed E-state index contributed by atoms with van der Waals surface area (Å²) in [4.78, 5) is 4.34. The predicted octanol–water partition coefficient (Wildman–Crippen LogP) is 5.94. The van der Waals surface area contributed by atoms with Crippen molar-refractivity contribution in [2.75, 3.05) is 5.32 Å². The monoisotopic (exact) mass is 389 g/mol. The van der Waals surface area contributed by atoms with Gasteiger partial charge in [0.1, 0.15) is 22.5 Å². The van der Waals surface area contributed by atoms with E-state index >= 15 is 0 Å². The highest BCUT2D eigenvalue weighted by Gasteiger charge is 2.30. The maximum absolute atomic E-state index is 13.0. The zero-order valence-corrected chi connectivity index (χ0v) is 14.4. The number of halogens is 4. The predicted molar refractivity (Wildman–Crippen MR) is 96.2 cm³/mol. The number of aromatic nitrogens is 1. The smallest absolute Gasteiger partial charge is 0.360 e. The SMILES string of the molecule is N#CC(=CNc1cccc(C(F)(F)F)c1)c1nc(-c2ccc(F)cc2)cs1. The number of allylic oxidation sites excluding steroid dienone is 1. The van der Waals surface area contributed by atoms with Crippen LogP contribution in [0.4, 0.5) is 23.2 Å². The van der Waals surface area contributed by atoms with Gasteiger partial charge in [-0.1, -0.05) is 6.07 Å². The van der Waals surface area contributed by atoms with E-state index in [0.29, 0.717) is 16.3 Å². The average molecular weight is 389 g/mol. The van der Waals surface area contributed by atoms with E-state index in [1.54, 1.807) is 17.5 Å². The van der Waals surface area contributed by atoms with Crippen LogP contribution >= 0.6 is 11.3 Å². The first kappa shape index (κ1) is 18.6. The number of nitrogens with one attached hydrogen (secondary N) is 1. The summed E-state index contributed by atoms with van der Waals surface area (Å²) in [5.41, 5.74) is 0.864. The highest BCUT2D eigenvalue weighted by atomic mass is 32.1. The summed E-state index contributed by atoms with van der Waals surface area (Å²) in [5, 5.41) is 14.2. The lowest BCUT2D eigenvalue weighted by Crippen LogP contribution is -2.05. The van der Waals surface area contributed by atoms with Crippen LogP contribution in [-0.4, -0.2) is 4.98 Å². The lowest BCUT2D eigenvalue weighted by atomic mass is 10.2. The summed E-state index contributed by atoms with van der Waals surface area (Å²) in [6.45, 7) is 0. The topological polar surface area (TPSA) is 48.7 Å². The molecule has 1 aromatic heterocycles. The molecule has 0 bridgehead atoms. The van der Waals surface area contributed by atoms with Crippen molar-refractivity contribution in [2.45, 2.75) is 6.18 Å². The minimum Gasteiger partial charge on any atom is -0.360 e. The second kappa shape index (κ2) is 7.60. The van der Waals surface area contributed by atoms with Gasteiger partial charge in [0.05, 0.1) is 11.3 Å². The molecule has 27 heavy (non-hydrogen) atoms. The molecule has 0 saturated heterocycles. The quantitative estimate of drug-likeness (QED) is 0.443. The fourth-order valence-corrected chi connectivity index (χ4v) is 3.03. The molecule has 2 aromatic carbocycles. The summed E-state index contributed by atoms with van der Waals surface area (Å²) in [6, 6.07) is 12.4. The maximum Gasteiger partial charge on any atom is 0.416 e. The largest absolute Gasteiger partial charge is 0.416 e. The lowest BCUT2D eigenvalue weighted by Gasteiger charge is -2.08. The summed E-state index contributed by atoms with van der Waals surface area (Å²) in [5.74, 6) is -0.364. The van der Waals surface area contributed by atoms with E-state index in [1.807, 2.05) is 6.07 Å². The Hall–Kier alpha value is -3.18. The Morgan fingerprint density at radius 2 is 1.89 bits per heavy atom. The number of benzene rings is 2. The van der Waals surface area contributed by atoms with Gasteiger partial charge in [0.2, 0.25) is 0 Å². The van der Waals surface area contributed by atoms with Crippen LogP contribution in [0.3, 0.4) is 0 Å². The third-order valence-electron chi connectivity index (χ3n) is 3.57. The zero-order valence-electron chi connectivity index (χ0n) is 13.6. The van der Waals surface area contributed by atoms with Crippen molar-refractivity contribution in [3.05, 3.63) is 76.5 Å². The number of thiazole rings is 1. The Morgan fingerprint density at radius 3 is 2.56 bits per heavy atom. The Morgan fingerprint density at radius 1 is 1.15 bits per heavy atom. The Labute approximate surface area is 156 Å². The molecule has 0 aliphatic carbocycles. The first-order valence-electron chi connectivity index (χ1n) is 7.63. The van der Waals surface area contributed by atoms with Gasteiger partial charge in [0.25, 0.3) is 0 Å².